The molecule has 80 valence electrons. The zero-order valence-corrected chi connectivity index (χ0v) is 8.24. The van der Waals surface area contributed by atoms with Gasteiger partial charge in [0.2, 0.25) is 11.8 Å². The number of hydrogen-bond donors (Lipinski definition) is 1. The smallest absolute Gasteiger partial charge is 0.236 e. The average Bonchev–Trinajstić information content (AvgIpc) is 2.16. The standard InChI is InChI=1S/C10H11FN2O2/c1-13(10(15)6-9(12)14)8-5-3-2-4-7(8)11/h2-5H,6H2,1H3,(H2,12,14). The van der Waals surface area contributed by atoms with E-state index in [1.165, 1.54) is 25.2 Å². The van der Waals surface area contributed by atoms with Crippen LogP contribution in [0.4, 0.5) is 10.1 Å². The quantitative estimate of drug-likeness (QED) is 0.745. The van der Waals surface area contributed by atoms with Crippen molar-refractivity contribution in [2.24, 2.45) is 5.73 Å². The highest BCUT2D eigenvalue weighted by Crippen LogP contribution is 2.17. The zero-order valence-electron chi connectivity index (χ0n) is 8.24. The van der Waals surface area contributed by atoms with E-state index in [-0.39, 0.29) is 5.69 Å². The van der Waals surface area contributed by atoms with Crippen molar-refractivity contribution in [3.63, 3.8) is 0 Å². The van der Waals surface area contributed by atoms with Crippen molar-refractivity contribution < 1.29 is 14.0 Å². The van der Waals surface area contributed by atoms with Crippen molar-refractivity contribution in [1.82, 2.24) is 0 Å². The second kappa shape index (κ2) is 4.54. The maximum Gasteiger partial charge on any atom is 0.236 e. The molecular formula is C10H11FN2O2. The number of rotatable bonds is 3. The Bertz CT molecular complexity index is 393. The molecule has 4 nitrogen and oxygen atoms in total. The van der Waals surface area contributed by atoms with Gasteiger partial charge in [0.1, 0.15) is 12.2 Å². The Labute approximate surface area is 86.5 Å². The third-order valence-electron chi connectivity index (χ3n) is 1.91. The third-order valence-corrected chi connectivity index (χ3v) is 1.91. The van der Waals surface area contributed by atoms with Crippen LogP contribution >= 0.6 is 0 Å². The first kappa shape index (κ1) is 11.2. The molecular weight excluding hydrogens is 199 g/mol. The summed E-state index contributed by atoms with van der Waals surface area (Å²) in [5, 5.41) is 0. The van der Waals surface area contributed by atoms with Crippen LogP contribution in [0, 0.1) is 5.82 Å². The highest BCUT2D eigenvalue weighted by Gasteiger charge is 2.15. The number of carbonyl (C=O) groups excluding carboxylic acids is 2. The van der Waals surface area contributed by atoms with Crippen LogP contribution in [-0.4, -0.2) is 18.9 Å². The summed E-state index contributed by atoms with van der Waals surface area (Å²) >= 11 is 0. The molecule has 2 N–H and O–H groups in total. The summed E-state index contributed by atoms with van der Waals surface area (Å²) < 4.78 is 13.2. The minimum Gasteiger partial charge on any atom is -0.369 e. The molecule has 0 aromatic heterocycles. The van der Waals surface area contributed by atoms with Gasteiger partial charge in [-0.25, -0.2) is 4.39 Å². The SMILES string of the molecule is CN(C(=O)CC(N)=O)c1ccccc1F. The van der Waals surface area contributed by atoms with Crippen LogP contribution in [0.15, 0.2) is 24.3 Å². The number of anilines is 1. The van der Waals surface area contributed by atoms with Crippen LogP contribution in [0.1, 0.15) is 6.42 Å². The van der Waals surface area contributed by atoms with Gasteiger partial charge in [0.25, 0.3) is 0 Å². The maximum absolute atomic E-state index is 13.2. The first-order chi connectivity index (χ1) is 7.02. The minimum atomic E-state index is -0.733. The van der Waals surface area contributed by atoms with Crippen LogP contribution in [0.5, 0.6) is 0 Å². The molecule has 1 rings (SSSR count). The molecule has 0 radical (unpaired) electrons. The molecule has 0 fully saturated rings. The monoisotopic (exact) mass is 210 g/mol. The average molecular weight is 210 g/mol. The van der Waals surface area contributed by atoms with E-state index in [4.69, 9.17) is 5.73 Å². The molecule has 0 saturated carbocycles. The highest BCUT2D eigenvalue weighted by atomic mass is 19.1. The summed E-state index contributed by atoms with van der Waals surface area (Å²) in [7, 11) is 1.39. The number of nitrogens with zero attached hydrogens (tertiary/aromatic N) is 1. The van der Waals surface area contributed by atoms with Crippen molar-refractivity contribution in [2.45, 2.75) is 6.42 Å². The van der Waals surface area contributed by atoms with Gasteiger partial charge in [-0.15, -0.1) is 0 Å². The van der Waals surface area contributed by atoms with Gasteiger partial charge in [-0.05, 0) is 12.1 Å². The van der Waals surface area contributed by atoms with Crippen LogP contribution < -0.4 is 10.6 Å². The van der Waals surface area contributed by atoms with Crippen LogP contribution in [-0.2, 0) is 9.59 Å². The number of carbonyl (C=O) groups is 2. The molecule has 0 spiro atoms. The second-order valence-electron chi connectivity index (χ2n) is 3.05. The van der Waals surface area contributed by atoms with Crippen molar-refractivity contribution >= 4 is 17.5 Å². The molecule has 0 aliphatic heterocycles. The summed E-state index contributed by atoms with van der Waals surface area (Å²) in [4.78, 5) is 22.9. The number of nitrogens with two attached hydrogens (primary N) is 1. The summed E-state index contributed by atoms with van der Waals surface area (Å²) in [5.74, 6) is -1.78. The number of primary amides is 1. The van der Waals surface area contributed by atoms with Crippen molar-refractivity contribution in [3.05, 3.63) is 30.1 Å². The van der Waals surface area contributed by atoms with Gasteiger partial charge in [0, 0.05) is 7.05 Å². The molecule has 2 amide bonds. The Morgan fingerprint density at radius 1 is 1.40 bits per heavy atom. The van der Waals surface area contributed by atoms with Gasteiger partial charge in [0.05, 0.1) is 5.69 Å². The molecule has 0 saturated heterocycles. The summed E-state index contributed by atoms with van der Waals surface area (Å²) in [5.41, 5.74) is 5.00. The van der Waals surface area contributed by atoms with E-state index in [2.05, 4.69) is 0 Å². The Morgan fingerprint density at radius 3 is 2.53 bits per heavy atom. The first-order valence-corrected chi connectivity index (χ1v) is 4.31. The number of para-hydroxylation sites is 1. The largest absolute Gasteiger partial charge is 0.369 e. The first-order valence-electron chi connectivity index (χ1n) is 4.31. The summed E-state index contributed by atoms with van der Waals surface area (Å²) in [6.45, 7) is 0. The number of halogens is 1. The number of benzene rings is 1. The van der Waals surface area contributed by atoms with Crippen molar-refractivity contribution in [2.75, 3.05) is 11.9 Å². The van der Waals surface area contributed by atoms with Gasteiger partial charge in [-0.1, -0.05) is 12.1 Å². The fraction of sp³-hybridized carbons (Fsp3) is 0.200. The molecule has 1 aromatic rings. The number of amides is 2. The van der Waals surface area contributed by atoms with E-state index >= 15 is 0 Å². The molecule has 0 bridgehead atoms. The van der Waals surface area contributed by atoms with Crippen LogP contribution in [0.2, 0.25) is 0 Å². The van der Waals surface area contributed by atoms with Gasteiger partial charge < -0.3 is 10.6 Å². The van der Waals surface area contributed by atoms with Gasteiger partial charge in [0.15, 0.2) is 0 Å². The molecule has 5 heteroatoms. The van der Waals surface area contributed by atoms with Gasteiger partial charge in [-0.3, -0.25) is 9.59 Å². The van der Waals surface area contributed by atoms with Crippen molar-refractivity contribution in [1.29, 1.82) is 0 Å². The Balaban J connectivity index is 2.85. The van der Waals surface area contributed by atoms with Crippen LogP contribution in [0.25, 0.3) is 0 Å². The highest BCUT2D eigenvalue weighted by molar-refractivity contribution is 6.04. The second-order valence-corrected chi connectivity index (χ2v) is 3.05. The molecule has 0 atom stereocenters. The lowest BCUT2D eigenvalue weighted by atomic mass is 10.2. The van der Waals surface area contributed by atoms with Gasteiger partial charge >= 0.3 is 0 Å². The fourth-order valence-corrected chi connectivity index (χ4v) is 1.13. The summed E-state index contributed by atoms with van der Waals surface area (Å²) in [6, 6.07) is 5.81. The Kier molecular flexibility index (Phi) is 3.38. The molecule has 0 unspecified atom stereocenters. The van der Waals surface area contributed by atoms with Gasteiger partial charge in [-0.2, -0.15) is 0 Å². The Hall–Kier alpha value is -1.91. The molecule has 0 aliphatic carbocycles. The lowest BCUT2D eigenvalue weighted by molar-refractivity contribution is -0.126. The van der Waals surface area contributed by atoms with E-state index in [1.54, 1.807) is 6.07 Å². The molecule has 0 aliphatic rings. The molecule has 15 heavy (non-hydrogen) atoms. The lowest BCUT2D eigenvalue weighted by Gasteiger charge is -2.16. The molecule has 0 heterocycles. The van der Waals surface area contributed by atoms with E-state index in [1.807, 2.05) is 0 Å². The maximum atomic E-state index is 13.2. The lowest BCUT2D eigenvalue weighted by Crippen LogP contribution is -2.31. The van der Waals surface area contributed by atoms with Crippen molar-refractivity contribution in [3.8, 4) is 0 Å². The Morgan fingerprint density at radius 2 is 2.00 bits per heavy atom. The topological polar surface area (TPSA) is 63.4 Å². The van der Waals surface area contributed by atoms with Crippen LogP contribution in [0.3, 0.4) is 0 Å². The zero-order chi connectivity index (χ0) is 11.4. The predicted molar refractivity (Wildman–Crippen MR) is 53.6 cm³/mol. The summed E-state index contributed by atoms with van der Waals surface area (Å²) in [6.07, 6.45) is -0.426. The minimum absolute atomic E-state index is 0.128. The normalized spacial score (nSPS) is 9.73. The fourth-order valence-electron chi connectivity index (χ4n) is 1.13. The predicted octanol–water partition coefficient (Wildman–Crippen LogP) is 0.664. The van der Waals surface area contributed by atoms with E-state index in [9.17, 15) is 14.0 Å². The molecule has 1 aromatic carbocycles. The van der Waals surface area contributed by atoms with E-state index in [0.29, 0.717) is 0 Å². The van der Waals surface area contributed by atoms with E-state index < -0.39 is 24.1 Å². The van der Waals surface area contributed by atoms with E-state index in [0.717, 1.165) is 4.90 Å². The number of hydrogen-bond acceptors (Lipinski definition) is 2. The third kappa shape index (κ3) is 2.77.